The van der Waals surface area contributed by atoms with Crippen LogP contribution in [0.5, 0.6) is 0 Å². The summed E-state index contributed by atoms with van der Waals surface area (Å²) in [6, 6.07) is 1.33. The van der Waals surface area contributed by atoms with Gasteiger partial charge in [0.25, 0.3) is 0 Å². The minimum absolute atomic E-state index is 0.515. The van der Waals surface area contributed by atoms with Gasteiger partial charge in [0.2, 0.25) is 0 Å². The zero-order valence-corrected chi connectivity index (χ0v) is 13.7. The van der Waals surface area contributed by atoms with Crippen molar-refractivity contribution in [2.45, 2.75) is 77.5 Å². The number of hydrogen-bond donors (Lipinski definition) is 1. The van der Waals surface area contributed by atoms with Gasteiger partial charge in [0.1, 0.15) is 0 Å². The van der Waals surface area contributed by atoms with Crippen molar-refractivity contribution >= 4 is 0 Å². The van der Waals surface area contributed by atoms with Crippen LogP contribution in [0.4, 0.5) is 0 Å². The normalized spacial score (nSPS) is 30.8. The van der Waals surface area contributed by atoms with Crippen molar-refractivity contribution in [2.75, 3.05) is 26.2 Å². The summed E-state index contributed by atoms with van der Waals surface area (Å²) in [5, 5.41) is 3.78. The van der Waals surface area contributed by atoms with Crippen LogP contribution in [-0.4, -0.2) is 49.3 Å². The van der Waals surface area contributed by atoms with E-state index in [1.54, 1.807) is 0 Å². The average Bonchev–Trinajstić information content (AvgIpc) is 2.50. The summed E-state index contributed by atoms with van der Waals surface area (Å²) in [6.07, 6.45) is 8.36. The van der Waals surface area contributed by atoms with Gasteiger partial charge in [0.15, 0.2) is 0 Å². The lowest BCUT2D eigenvalue weighted by Gasteiger charge is -2.45. The third-order valence-corrected chi connectivity index (χ3v) is 5.27. The number of fused-ring (bicyclic) bond motifs is 1. The van der Waals surface area contributed by atoms with Gasteiger partial charge in [0.05, 0.1) is 12.7 Å². The van der Waals surface area contributed by atoms with Crippen molar-refractivity contribution in [1.29, 1.82) is 0 Å². The van der Waals surface area contributed by atoms with Gasteiger partial charge < -0.3 is 10.1 Å². The highest BCUT2D eigenvalue weighted by Crippen LogP contribution is 2.29. The van der Waals surface area contributed by atoms with Crippen LogP contribution in [0.15, 0.2) is 0 Å². The molecule has 1 aliphatic heterocycles. The molecule has 3 heteroatoms. The lowest BCUT2D eigenvalue weighted by atomic mass is 9.89. The highest BCUT2D eigenvalue weighted by atomic mass is 16.5. The highest BCUT2D eigenvalue weighted by molar-refractivity contribution is 4.90. The fourth-order valence-electron chi connectivity index (χ4n) is 3.72. The van der Waals surface area contributed by atoms with Gasteiger partial charge in [-0.3, -0.25) is 4.90 Å². The molecule has 20 heavy (non-hydrogen) atoms. The molecule has 0 aromatic rings. The average molecular weight is 282 g/mol. The predicted octanol–water partition coefficient (Wildman–Crippen LogP) is 3.04. The largest absolute Gasteiger partial charge is 0.375 e. The maximum absolute atomic E-state index is 6.00. The van der Waals surface area contributed by atoms with E-state index in [0.717, 1.165) is 25.6 Å². The SMILES string of the molecule is CCCNC(CN1CCOC2CCCCC21)C(C)CC. The van der Waals surface area contributed by atoms with Crippen molar-refractivity contribution in [3.8, 4) is 0 Å². The Labute approximate surface area is 125 Å². The Morgan fingerprint density at radius 3 is 2.80 bits per heavy atom. The maximum Gasteiger partial charge on any atom is 0.0730 e. The molecule has 1 saturated heterocycles. The molecule has 4 unspecified atom stereocenters. The Balaban J connectivity index is 1.93. The van der Waals surface area contributed by atoms with Crippen LogP contribution in [0.3, 0.4) is 0 Å². The molecule has 0 amide bonds. The zero-order chi connectivity index (χ0) is 14.4. The van der Waals surface area contributed by atoms with Gasteiger partial charge in [0, 0.05) is 25.2 Å². The van der Waals surface area contributed by atoms with Gasteiger partial charge in [-0.25, -0.2) is 0 Å². The highest BCUT2D eigenvalue weighted by Gasteiger charge is 2.35. The maximum atomic E-state index is 6.00. The summed E-state index contributed by atoms with van der Waals surface area (Å²) in [5.74, 6) is 0.756. The first-order chi connectivity index (χ1) is 9.76. The zero-order valence-electron chi connectivity index (χ0n) is 13.7. The molecule has 2 fully saturated rings. The van der Waals surface area contributed by atoms with Gasteiger partial charge in [-0.15, -0.1) is 0 Å². The Hall–Kier alpha value is -0.120. The second-order valence-corrected chi connectivity index (χ2v) is 6.70. The molecular weight excluding hydrogens is 248 g/mol. The van der Waals surface area contributed by atoms with Crippen LogP contribution in [0, 0.1) is 5.92 Å². The smallest absolute Gasteiger partial charge is 0.0730 e. The monoisotopic (exact) mass is 282 g/mol. The number of rotatable bonds is 7. The van der Waals surface area contributed by atoms with E-state index in [-0.39, 0.29) is 0 Å². The quantitative estimate of drug-likeness (QED) is 0.777. The second-order valence-electron chi connectivity index (χ2n) is 6.70. The lowest BCUT2D eigenvalue weighted by molar-refractivity contribution is -0.0914. The first kappa shape index (κ1) is 16.3. The van der Waals surface area contributed by atoms with E-state index >= 15 is 0 Å². The summed E-state index contributed by atoms with van der Waals surface area (Å²) < 4.78 is 6.00. The fourth-order valence-corrected chi connectivity index (χ4v) is 3.72. The fraction of sp³-hybridized carbons (Fsp3) is 1.00. The minimum atomic E-state index is 0.515. The van der Waals surface area contributed by atoms with Crippen molar-refractivity contribution in [1.82, 2.24) is 10.2 Å². The number of morpholine rings is 1. The van der Waals surface area contributed by atoms with E-state index in [4.69, 9.17) is 4.74 Å². The van der Waals surface area contributed by atoms with Crippen LogP contribution in [0.25, 0.3) is 0 Å². The van der Waals surface area contributed by atoms with Crippen molar-refractivity contribution in [3.63, 3.8) is 0 Å². The summed E-state index contributed by atoms with van der Waals surface area (Å²) in [6.45, 7) is 11.4. The first-order valence-electron chi connectivity index (χ1n) is 8.85. The molecule has 0 aromatic carbocycles. The molecule has 2 aliphatic rings. The predicted molar refractivity (Wildman–Crippen MR) is 85.1 cm³/mol. The van der Waals surface area contributed by atoms with E-state index in [0.29, 0.717) is 18.2 Å². The van der Waals surface area contributed by atoms with Crippen molar-refractivity contribution < 1.29 is 4.74 Å². The Kier molecular flexibility index (Phi) is 6.79. The van der Waals surface area contributed by atoms with Crippen LogP contribution < -0.4 is 5.32 Å². The van der Waals surface area contributed by atoms with E-state index in [9.17, 15) is 0 Å². The van der Waals surface area contributed by atoms with Crippen molar-refractivity contribution in [2.24, 2.45) is 5.92 Å². The molecule has 0 radical (unpaired) electrons. The van der Waals surface area contributed by atoms with Gasteiger partial charge in [-0.2, -0.15) is 0 Å². The van der Waals surface area contributed by atoms with Crippen molar-refractivity contribution in [3.05, 3.63) is 0 Å². The van der Waals surface area contributed by atoms with E-state index < -0.39 is 0 Å². The lowest BCUT2D eigenvalue weighted by Crippen LogP contribution is -2.57. The molecule has 118 valence electrons. The van der Waals surface area contributed by atoms with Crippen LogP contribution in [0.1, 0.15) is 59.3 Å². The minimum Gasteiger partial charge on any atom is -0.375 e. The Bertz CT molecular complexity index is 270. The van der Waals surface area contributed by atoms with Crippen LogP contribution in [-0.2, 0) is 4.74 Å². The standard InChI is InChI=1S/C17H34N2O/c1-4-10-18-15(14(3)5-2)13-19-11-12-20-17-9-7-6-8-16(17)19/h14-18H,4-13H2,1-3H3. The molecule has 0 spiro atoms. The molecule has 0 bridgehead atoms. The Morgan fingerprint density at radius 2 is 2.05 bits per heavy atom. The number of nitrogens with zero attached hydrogens (tertiary/aromatic N) is 1. The topological polar surface area (TPSA) is 24.5 Å². The summed E-state index contributed by atoms with van der Waals surface area (Å²) in [7, 11) is 0. The number of hydrogen-bond acceptors (Lipinski definition) is 3. The second kappa shape index (κ2) is 8.35. The third-order valence-electron chi connectivity index (χ3n) is 5.27. The molecule has 1 N–H and O–H groups in total. The molecule has 1 saturated carbocycles. The first-order valence-corrected chi connectivity index (χ1v) is 8.85. The van der Waals surface area contributed by atoms with Crippen LogP contribution >= 0.6 is 0 Å². The molecule has 3 nitrogen and oxygen atoms in total. The molecule has 4 atom stereocenters. The van der Waals surface area contributed by atoms with E-state index in [2.05, 4.69) is 31.0 Å². The summed E-state index contributed by atoms with van der Waals surface area (Å²) in [5.41, 5.74) is 0. The van der Waals surface area contributed by atoms with Gasteiger partial charge >= 0.3 is 0 Å². The summed E-state index contributed by atoms with van der Waals surface area (Å²) in [4.78, 5) is 2.73. The Morgan fingerprint density at radius 1 is 1.25 bits per heavy atom. The third kappa shape index (κ3) is 4.19. The van der Waals surface area contributed by atoms with Gasteiger partial charge in [-0.1, -0.05) is 40.0 Å². The van der Waals surface area contributed by atoms with Crippen LogP contribution in [0.2, 0.25) is 0 Å². The molecule has 0 aromatic heterocycles. The number of nitrogens with one attached hydrogen (secondary N) is 1. The van der Waals surface area contributed by atoms with E-state index in [1.807, 2.05) is 0 Å². The molecule has 2 rings (SSSR count). The molecule has 1 heterocycles. The number of ether oxygens (including phenoxy) is 1. The molecule has 1 aliphatic carbocycles. The molecular formula is C17H34N2O. The summed E-state index contributed by atoms with van der Waals surface area (Å²) >= 11 is 0. The van der Waals surface area contributed by atoms with Gasteiger partial charge in [-0.05, 0) is 31.7 Å². The van der Waals surface area contributed by atoms with E-state index in [1.165, 1.54) is 45.1 Å².